The average molecular weight is 359 g/mol. The first-order valence-corrected chi connectivity index (χ1v) is 8.57. The number of pyridine rings is 1. The van der Waals surface area contributed by atoms with E-state index in [-0.39, 0.29) is 18.3 Å². The molecule has 1 N–H and O–H groups in total. The van der Waals surface area contributed by atoms with E-state index in [9.17, 15) is 9.18 Å². The maximum absolute atomic E-state index is 13.3. The van der Waals surface area contributed by atoms with Gasteiger partial charge in [-0.25, -0.2) is 9.37 Å². The van der Waals surface area contributed by atoms with Gasteiger partial charge in [0, 0.05) is 30.9 Å². The number of aromatic nitrogens is 1. The van der Waals surface area contributed by atoms with E-state index in [2.05, 4.69) is 4.98 Å². The van der Waals surface area contributed by atoms with Crippen LogP contribution in [0.5, 0.6) is 0 Å². The summed E-state index contributed by atoms with van der Waals surface area (Å²) >= 11 is 0. The van der Waals surface area contributed by atoms with Crippen LogP contribution in [0.25, 0.3) is 0 Å². The molecule has 1 amide bonds. The molecule has 0 unspecified atom stereocenters. The zero-order chi connectivity index (χ0) is 19.3. The minimum absolute atomic E-state index is 0.0504. The number of likely N-dealkylation sites (N-methyl/N-ethyl adjacent to an activating group) is 1. The number of rotatable bonds is 6. The highest BCUT2D eigenvalue weighted by Crippen LogP contribution is 2.25. The van der Waals surface area contributed by atoms with Crippen molar-refractivity contribution in [1.29, 1.82) is 0 Å². The summed E-state index contributed by atoms with van der Waals surface area (Å²) in [6, 6.07) is 9.68. The molecule has 1 aromatic heterocycles. The van der Waals surface area contributed by atoms with Gasteiger partial charge < -0.3 is 14.9 Å². The fourth-order valence-corrected chi connectivity index (χ4v) is 2.49. The van der Waals surface area contributed by atoms with Gasteiger partial charge in [-0.1, -0.05) is 26.8 Å². The number of hydrogen-bond acceptors (Lipinski definition) is 4. The van der Waals surface area contributed by atoms with Crippen molar-refractivity contribution in [3.8, 4) is 0 Å². The molecule has 6 heteroatoms. The highest BCUT2D eigenvalue weighted by atomic mass is 19.1. The minimum atomic E-state index is -0.566. The van der Waals surface area contributed by atoms with Crippen molar-refractivity contribution in [2.75, 3.05) is 30.0 Å². The van der Waals surface area contributed by atoms with Gasteiger partial charge in [-0.15, -0.1) is 0 Å². The zero-order valence-corrected chi connectivity index (χ0v) is 15.7. The Labute approximate surface area is 154 Å². The van der Waals surface area contributed by atoms with Crippen LogP contribution in [-0.4, -0.2) is 36.2 Å². The van der Waals surface area contributed by atoms with Gasteiger partial charge in [-0.3, -0.25) is 4.79 Å². The first-order chi connectivity index (χ1) is 12.2. The Bertz CT molecular complexity index is 724. The molecule has 1 heterocycles. The van der Waals surface area contributed by atoms with Gasteiger partial charge in [0.15, 0.2) is 0 Å². The molecule has 0 radical (unpaired) electrons. The molecule has 5 nitrogen and oxygen atoms in total. The summed E-state index contributed by atoms with van der Waals surface area (Å²) in [5.74, 6) is 0.360. The third-order valence-corrected chi connectivity index (χ3v) is 4.00. The predicted molar refractivity (Wildman–Crippen MR) is 102 cm³/mol. The Hall–Kier alpha value is -2.47. The number of aliphatic hydroxyl groups is 1. The standard InChI is InChI=1S/C20H26FN3O2/c1-20(2,3)19(26)24(17-8-6-16(21)7-9-17)14-15-5-10-18(22-13-15)23(4)11-12-25/h5-10,13,25H,11-12,14H2,1-4H3. The third-order valence-electron chi connectivity index (χ3n) is 4.00. The molecular weight excluding hydrogens is 333 g/mol. The van der Waals surface area contributed by atoms with Crippen LogP contribution in [0.4, 0.5) is 15.9 Å². The van der Waals surface area contributed by atoms with Crippen LogP contribution in [0, 0.1) is 11.2 Å². The molecule has 0 aliphatic heterocycles. The molecule has 0 aliphatic carbocycles. The van der Waals surface area contributed by atoms with E-state index in [1.807, 2.05) is 44.9 Å². The van der Waals surface area contributed by atoms with Crippen molar-refractivity contribution in [1.82, 2.24) is 4.98 Å². The van der Waals surface area contributed by atoms with E-state index in [0.717, 1.165) is 11.4 Å². The molecule has 0 fully saturated rings. The van der Waals surface area contributed by atoms with Crippen LogP contribution in [-0.2, 0) is 11.3 Å². The second-order valence-electron chi connectivity index (χ2n) is 7.29. The van der Waals surface area contributed by atoms with Crippen LogP contribution in [0.2, 0.25) is 0 Å². The molecule has 140 valence electrons. The third kappa shape index (κ3) is 5.02. The normalized spacial score (nSPS) is 11.3. The van der Waals surface area contributed by atoms with Crippen LogP contribution >= 0.6 is 0 Å². The molecule has 2 rings (SSSR count). The maximum Gasteiger partial charge on any atom is 0.232 e. The highest BCUT2D eigenvalue weighted by molar-refractivity contribution is 5.96. The fraction of sp³-hybridized carbons (Fsp3) is 0.400. The molecule has 0 bridgehead atoms. The minimum Gasteiger partial charge on any atom is -0.395 e. The second-order valence-corrected chi connectivity index (χ2v) is 7.29. The van der Waals surface area contributed by atoms with Gasteiger partial charge in [0.1, 0.15) is 11.6 Å². The largest absolute Gasteiger partial charge is 0.395 e. The lowest BCUT2D eigenvalue weighted by atomic mass is 9.94. The summed E-state index contributed by atoms with van der Waals surface area (Å²) in [6.07, 6.45) is 1.72. The SMILES string of the molecule is CN(CCO)c1ccc(CN(C(=O)C(C)(C)C)c2ccc(F)cc2)cn1. The van der Waals surface area contributed by atoms with E-state index in [4.69, 9.17) is 5.11 Å². The monoisotopic (exact) mass is 359 g/mol. The summed E-state index contributed by atoms with van der Waals surface area (Å²) in [4.78, 5) is 20.8. The number of benzene rings is 1. The number of hydrogen-bond donors (Lipinski definition) is 1. The lowest BCUT2D eigenvalue weighted by molar-refractivity contribution is -0.125. The Balaban J connectivity index is 2.26. The Morgan fingerprint density at radius 3 is 2.31 bits per heavy atom. The number of nitrogens with zero attached hydrogens (tertiary/aromatic N) is 3. The van der Waals surface area contributed by atoms with E-state index in [0.29, 0.717) is 18.8 Å². The maximum atomic E-state index is 13.3. The van der Waals surface area contributed by atoms with Crippen molar-refractivity contribution in [2.24, 2.45) is 5.41 Å². The summed E-state index contributed by atoms with van der Waals surface area (Å²) < 4.78 is 13.3. The predicted octanol–water partition coefficient (Wildman–Crippen LogP) is 3.23. The van der Waals surface area contributed by atoms with E-state index >= 15 is 0 Å². The first-order valence-electron chi connectivity index (χ1n) is 8.57. The van der Waals surface area contributed by atoms with Crippen molar-refractivity contribution >= 4 is 17.4 Å². The van der Waals surface area contributed by atoms with Gasteiger partial charge in [0.05, 0.1) is 13.2 Å². The van der Waals surface area contributed by atoms with Crippen LogP contribution in [0.3, 0.4) is 0 Å². The molecule has 0 saturated heterocycles. The van der Waals surface area contributed by atoms with E-state index < -0.39 is 5.41 Å². The highest BCUT2D eigenvalue weighted by Gasteiger charge is 2.28. The lowest BCUT2D eigenvalue weighted by Crippen LogP contribution is -2.39. The van der Waals surface area contributed by atoms with Gasteiger partial charge in [0.2, 0.25) is 5.91 Å². The second kappa shape index (κ2) is 8.27. The van der Waals surface area contributed by atoms with Crippen LogP contribution in [0.15, 0.2) is 42.6 Å². The summed E-state index contributed by atoms with van der Waals surface area (Å²) in [5, 5.41) is 9.01. The molecule has 0 atom stereocenters. The topological polar surface area (TPSA) is 56.7 Å². The summed E-state index contributed by atoms with van der Waals surface area (Å²) in [5.41, 5.74) is 0.948. The smallest absolute Gasteiger partial charge is 0.232 e. The number of amides is 1. The number of aliphatic hydroxyl groups excluding tert-OH is 1. The molecule has 2 aromatic rings. The fourth-order valence-electron chi connectivity index (χ4n) is 2.49. The molecule has 0 spiro atoms. The summed E-state index contributed by atoms with van der Waals surface area (Å²) in [6.45, 7) is 6.47. The van der Waals surface area contributed by atoms with Crippen molar-refractivity contribution in [3.63, 3.8) is 0 Å². The number of carbonyl (C=O) groups is 1. The van der Waals surface area contributed by atoms with Gasteiger partial charge >= 0.3 is 0 Å². The van der Waals surface area contributed by atoms with Gasteiger partial charge in [-0.05, 0) is 35.9 Å². The van der Waals surface area contributed by atoms with Gasteiger partial charge in [0.25, 0.3) is 0 Å². The Morgan fingerprint density at radius 2 is 1.81 bits per heavy atom. The number of halogens is 1. The van der Waals surface area contributed by atoms with Crippen molar-refractivity contribution in [2.45, 2.75) is 27.3 Å². The van der Waals surface area contributed by atoms with E-state index in [1.165, 1.54) is 12.1 Å². The van der Waals surface area contributed by atoms with Gasteiger partial charge in [-0.2, -0.15) is 0 Å². The molecule has 1 aromatic carbocycles. The first kappa shape index (κ1) is 19.8. The van der Waals surface area contributed by atoms with E-state index in [1.54, 1.807) is 23.2 Å². The van der Waals surface area contributed by atoms with Crippen LogP contribution in [0.1, 0.15) is 26.3 Å². The quantitative estimate of drug-likeness (QED) is 0.860. The summed E-state index contributed by atoms with van der Waals surface area (Å²) in [7, 11) is 1.85. The Morgan fingerprint density at radius 1 is 1.15 bits per heavy atom. The lowest BCUT2D eigenvalue weighted by Gasteiger charge is -2.30. The molecule has 0 saturated carbocycles. The zero-order valence-electron chi connectivity index (χ0n) is 15.7. The molecular formula is C20H26FN3O2. The molecule has 0 aliphatic rings. The number of anilines is 2. The molecule has 26 heavy (non-hydrogen) atoms. The van der Waals surface area contributed by atoms with Crippen molar-refractivity contribution in [3.05, 3.63) is 54.0 Å². The van der Waals surface area contributed by atoms with Crippen LogP contribution < -0.4 is 9.80 Å². The average Bonchev–Trinajstić information content (AvgIpc) is 2.60. The number of carbonyl (C=O) groups excluding carboxylic acids is 1. The Kier molecular flexibility index (Phi) is 6.32. The van der Waals surface area contributed by atoms with Crippen molar-refractivity contribution < 1.29 is 14.3 Å².